The number of benzene rings is 1. The van der Waals surface area contributed by atoms with E-state index in [9.17, 15) is 14.4 Å². The van der Waals surface area contributed by atoms with E-state index in [0.717, 1.165) is 36.6 Å². The summed E-state index contributed by atoms with van der Waals surface area (Å²) in [6, 6.07) is 8.79. The van der Waals surface area contributed by atoms with Crippen LogP contribution in [-0.4, -0.2) is 122 Å². The van der Waals surface area contributed by atoms with Crippen LogP contribution >= 0.6 is 11.3 Å². The third-order valence-electron chi connectivity index (χ3n) is 8.06. The Morgan fingerprint density at radius 2 is 1.73 bits per heavy atom. The normalized spacial score (nSPS) is 18.2. The maximum atomic E-state index is 13.5. The summed E-state index contributed by atoms with van der Waals surface area (Å²) in [5.41, 5.74) is 2.81. The van der Waals surface area contributed by atoms with Crippen molar-refractivity contribution in [1.82, 2.24) is 35.6 Å². The fraction of sp³-hybridized carbons (Fsp3) is 0.613. The Hall–Kier alpha value is -3.26. The number of nitrogens with zero attached hydrogens (tertiary/aromatic N) is 4. The Balaban J connectivity index is 1.31. The lowest BCUT2D eigenvalue weighted by Gasteiger charge is -2.34. The highest BCUT2D eigenvalue weighted by Crippen LogP contribution is 2.12. The van der Waals surface area contributed by atoms with Gasteiger partial charge >= 0.3 is 12.1 Å². The van der Waals surface area contributed by atoms with Crippen LogP contribution in [0.3, 0.4) is 0 Å². The molecule has 4 rings (SSSR count). The minimum Gasteiger partial charge on any atom is -0.444 e. The van der Waals surface area contributed by atoms with Gasteiger partial charge in [0, 0.05) is 64.1 Å². The number of carbonyl (C=O) groups excluding carboxylic acids is 3. The van der Waals surface area contributed by atoms with Gasteiger partial charge in [0.25, 0.3) is 0 Å². The van der Waals surface area contributed by atoms with Crippen LogP contribution in [0.2, 0.25) is 0 Å². The molecule has 1 aromatic heterocycles. The number of piperazine rings is 1. The lowest BCUT2D eigenvalue weighted by atomic mass is 9.99. The van der Waals surface area contributed by atoms with Crippen molar-refractivity contribution in [3.63, 3.8) is 0 Å². The van der Waals surface area contributed by atoms with E-state index in [-0.39, 0.29) is 30.6 Å². The number of likely N-dealkylation sites (N-methyl/N-ethyl adjacent to an activating group) is 1. The second-order valence-corrected chi connectivity index (χ2v) is 12.6. The molecule has 4 amide bonds. The molecule has 0 spiro atoms. The molecule has 12 nitrogen and oxygen atoms in total. The van der Waals surface area contributed by atoms with E-state index in [0.29, 0.717) is 58.5 Å². The van der Waals surface area contributed by atoms with E-state index < -0.39 is 12.1 Å². The maximum absolute atomic E-state index is 13.5. The summed E-state index contributed by atoms with van der Waals surface area (Å²) in [6.07, 6.45) is 3.64. The van der Waals surface area contributed by atoms with Gasteiger partial charge in [0.1, 0.15) is 12.6 Å². The SMILES string of the molecule is CC(CCC(Cc1ccccc1)NC(=O)OCc1cncs1)NC(=O)C(CCN1CCOCC1)NC(=O)N1CCN(C)CC1. The predicted molar refractivity (Wildman–Crippen MR) is 169 cm³/mol. The van der Waals surface area contributed by atoms with Gasteiger partial charge in [-0.3, -0.25) is 14.7 Å². The summed E-state index contributed by atoms with van der Waals surface area (Å²) in [5.74, 6) is -0.190. The summed E-state index contributed by atoms with van der Waals surface area (Å²) < 4.78 is 10.9. The molecule has 0 radical (unpaired) electrons. The van der Waals surface area contributed by atoms with Crippen LogP contribution in [0.25, 0.3) is 0 Å². The van der Waals surface area contributed by atoms with E-state index >= 15 is 0 Å². The van der Waals surface area contributed by atoms with Crippen LogP contribution < -0.4 is 16.0 Å². The number of morpholine rings is 1. The van der Waals surface area contributed by atoms with Crippen LogP contribution in [0.4, 0.5) is 9.59 Å². The van der Waals surface area contributed by atoms with Crippen molar-refractivity contribution >= 4 is 29.4 Å². The monoisotopic (exact) mass is 629 g/mol. The Labute approximate surface area is 264 Å². The van der Waals surface area contributed by atoms with E-state index in [2.05, 4.69) is 30.7 Å². The van der Waals surface area contributed by atoms with Crippen molar-refractivity contribution in [2.24, 2.45) is 0 Å². The molecule has 13 heteroatoms. The first-order valence-corrected chi connectivity index (χ1v) is 16.4. The Kier molecular flexibility index (Phi) is 13.7. The molecule has 3 unspecified atom stereocenters. The van der Waals surface area contributed by atoms with Gasteiger partial charge in [-0.1, -0.05) is 30.3 Å². The molecule has 3 atom stereocenters. The zero-order valence-corrected chi connectivity index (χ0v) is 26.7. The van der Waals surface area contributed by atoms with Crippen molar-refractivity contribution in [3.8, 4) is 0 Å². The molecule has 44 heavy (non-hydrogen) atoms. The molecule has 2 aromatic rings. The third-order valence-corrected chi connectivity index (χ3v) is 8.81. The number of alkyl carbamates (subject to hydrolysis) is 1. The maximum Gasteiger partial charge on any atom is 0.407 e. The highest BCUT2D eigenvalue weighted by Gasteiger charge is 2.27. The summed E-state index contributed by atoms with van der Waals surface area (Å²) in [6.45, 7) is 8.73. The number of hydrogen-bond donors (Lipinski definition) is 3. The topological polar surface area (TPSA) is 128 Å². The molecule has 3 N–H and O–H groups in total. The van der Waals surface area contributed by atoms with E-state index in [1.807, 2.05) is 44.3 Å². The van der Waals surface area contributed by atoms with Crippen LogP contribution in [0.5, 0.6) is 0 Å². The van der Waals surface area contributed by atoms with Gasteiger partial charge in [-0.15, -0.1) is 11.3 Å². The van der Waals surface area contributed by atoms with Gasteiger partial charge in [-0.05, 0) is 45.2 Å². The fourth-order valence-electron chi connectivity index (χ4n) is 5.30. The Morgan fingerprint density at radius 1 is 0.977 bits per heavy atom. The number of aromatic nitrogens is 1. The number of hydrogen-bond acceptors (Lipinski definition) is 9. The van der Waals surface area contributed by atoms with E-state index in [1.165, 1.54) is 11.3 Å². The quantitative estimate of drug-likeness (QED) is 0.291. The molecule has 2 aliphatic heterocycles. The molecule has 1 aromatic carbocycles. The van der Waals surface area contributed by atoms with Gasteiger partial charge in [0.15, 0.2) is 0 Å². The first kappa shape index (κ1) is 33.6. The standard InChI is InChI=1S/C31H47N7O5S/c1-24(8-9-26(20-25-6-4-3-5-7-25)34-31(41)43-22-27-21-32-23-44-27)33-29(39)28(10-11-37-16-18-42-19-17-37)35-30(40)38-14-12-36(2)13-15-38/h3-7,21,23-24,26,28H,8-20,22H2,1-2H3,(H,33,39)(H,34,41)(H,35,40). The second kappa shape index (κ2) is 17.9. The zero-order valence-electron chi connectivity index (χ0n) is 25.9. The lowest BCUT2D eigenvalue weighted by molar-refractivity contribution is -0.124. The molecule has 0 aliphatic carbocycles. The largest absolute Gasteiger partial charge is 0.444 e. The van der Waals surface area contributed by atoms with E-state index in [1.54, 1.807) is 16.6 Å². The molecular formula is C31H47N7O5S. The molecule has 0 bridgehead atoms. The Bertz CT molecular complexity index is 1140. The lowest BCUT2D eigenvalue weighted by Crippen LogP contribution is -2.56. The van der Waals surface area contributed by atoms with E-state index in [4.69, 9.17) is 9.47 Å². The first-order valence-electron chi connectivity index (χ1n) is 15.5. The van der Waals surface area contributed by atoms with Gasteiger partial charge in [0.2, 0.25) is 5.91 Å². The van der Waals surface area contributed by atoms with Crippen LogP contribution in [0.1, 0.15) is 36.6 Å². The molecule has 242 valence electrons. The number of ether oxygens (including phenoxy) is 2. The van der Waals surface area contributed by atoms with Crippen molar-refractivity contribution < 1.29 is 23.9 Å². The molecule has 0 saturated carbocycles. The Morgan fingerprint density at radius 3 is 2.43 bits per heavy atom. The van der Waals surface area contributed by atoms with Crippen molar-refractivity contribution in [2.45, 2.75) is 57.3 Å². The van der Waals surface area contributed by atoms with Gasteiger partial charge in [0.05, 0.1) is 23.6 Å². The second-order valence-electron chi connectivity index (χ2n) is 11.6. The predicted octanol–water partition coefficient (Wildman–Crippen LogP) is 2.31. The van der Waals surface area contributed by atoms with Crippen molar-refractivity contribution in [2.75, 3.05) is 66.1 Å². The average Bonchev–Trinajstić information content (AvgIpc) is 3.56. The highest BCUT2D eigenvalue weighted by atomic mass is 32.1. The number of amides is 4. The average molecular weight is 630 g/mol. The van der Waals surface area contributed by atoms with Crippen molar-refractivity contribution in [1.29, 1.82) is 0 Å². The number of carbonyl (C=O) groups is 3. The van der Waals surface area contributed by atoms with Gasteiger partial charge in [-0.25, -0.2) is 9.59 Å². The summed E-state index contributed by atoms with van der Waals surface area (Å²) in [4.78, 5) is 50.4. The number of nitrogens with one attached hydrogen (secondary N) is 3. The summed E-state index contributed by atoms with van der Waals surface area (Å²) in [5, 5.41) is 9.15. The van der Waals surface area contributed by atoms with Crippen LogP contribution in [-0.2, 0) is 27.3 Å². The molecule has 2 saturated heterocycles. The molecule has 2 fully saturated rings. The fourth-order valence-corrected chi connectivity index (χ4v) is 5.81. The summed E-state index contributed by atoms with van der Waals surface area (Å²) >= 11 is 1.44. The number of rotatable bonds is 14. The minimum absolute atomic E-state index is 0.165. The highest BCUT2D eigenvalue weighted by molar-refractivity contribution is 7.09. The number of thiazole rings is 1. The van der Waals surface area contributed by atoms with Crippen LogP contribution in [0.15, 0.2) is 42.0 Å². The molecular weight excluding hydrogens is 582 g/mol. The van der Waals surface area contributed by atoms with Crippen molar-refractivity contribution in [3.05, 3.63) is 52.5 Å². The third kappa shape index (κ3) is 11.7. The molecule has 2 aliphatic rings. The smallest absolute Gasteiger partial charge is 0.407 e. The summed E-state index contributed by atoms with van der Waals surface area (Å²) in [7, 11) is 2.04. The number of urea groups is 1. The zero-order chi connectivity index (χ0) is 31.1. The molecule has 3 heterocycles. The first-order chi connectivity index (χ1) is 21.4. The van der Waals surface area contributed by atoms with Crippen LogP contribution in [0, 0.1) is 0 Å². The minimum atomic E-state index is -0.646. The van der Waals surface area contributed by atoms with Gasteiger partial charge < -0.3 is 35.2 Å². The van der Waals surface area contributed by atoms with Gasteiger partial charge in [-0.2, -0.15) is 0 Å².